The lowest BCUT2D eigenvalue weighted by atomic mass is 9.59. The van der Waals surface area contributed by atoms with Gasteiger partial charge < -0.3 is 81.5 Å². The molecule has 8 bridgehead atoms. The van der Waals surface area contributed by atoms with Gasteiger partial charge in [0, 0.05) is 107 Å². The normalized spacial score (nSPS) is 45.2. The average molecular weight is 1610 g/mol. The van der Waals surface area contributed by atoms with E-state index in [4.69, 9.17) is 110 Å². The summed E-state index contributed by atoms with van der Waals surface area (Å²) in [6.45, 7) is 30.1. The number of carboxylic acid groups (broad SMARTS) is 1. The molecule has 0 aromatic heterocycles. The number of likely N-dealkylation sites (N-methyl/N-ethyl adjacent to an activating group) is 1. The summed E-state index contributed by atoms with van der Waals surface area (Å²) in [6, 6.07) is 0. The molecule has 21 rings (SSSR count). The maximum Gasteiger partial charge on any atom is 0.373 e. The number of methoxy groups -OCH3 is 1. The zero-order valence-electron chi connectivity index (χ0n) is 68.5. The molecule has 29 atom stereocenters. The number of hydrogen-bond donors (Lipinski definition) is 2. The molecule has 17 fully saturated rings. The predicted octanol–water partition coefficient (Wildman–Crippen LogP) is 10.0. The fraction of sp³-hybridized carbons (Fsp3) is 0.802. The van der Waals surface area contributed by atoms with Gasteiger partial charge in [0.1, 0.15) is 12.7 Å². The second kappa shape index (κ2) is 31.3. The highest BCUT2D eigenvalue weighted by Crippen LogP contribution is 2.65. The van der Waals surface area contributed by atoms with Crippen LogP contribution in [-0.2, 0) is 149 Å². The number of nitrogens with one attached hydrogen (secondary N) is 1. The van der Waals surface area contributed by atoms with Gasteiger partial charge >= 0.3 is 41.8 Å². The minimum absolute atomic E-state index is 0.00804. The van der Waals surface area contributed by atoms with Crippen molar-refractivity contribution in [2.45, 2.75) is 322 Å². The van der Waals surface area contributed by atoms with E-state index < -0.39 is 150 Å². The smallest absolute Gasteiger partial charge is 0.373 e. The second-order valence-corrected chi connectivity index (χ2v) is 35.1. The highest BCUT2D eigenvalue weighted by molar-refractivity contribution is 5.92. The number of carbonyl (C=O) groups is 8. The Morgan fingerprint density at radius 2 is 0.728 bits per heavy atom. The van der Waals surface area contributed by atoms with Crippen molar-refractivity contribution >= 4 is 47.7 Å². The van der Waals surface area contributed by atoms with Crippen molar-refractivity contribution in [1.82, 2.24) is 5.32 Å². The minimum Gasteiger partial charge on any atom is -0.475 e. The van der Waals surface area contributed by atoms with Crippen molar-refractivity contribution in [2.24, 2.45) is 71.0 Å². The number of esters is 6. The molecule has 4 spiro atoms. The summed E-state index contributed by atoms with van der Waals surface area (Å²) in [4.78, 5) is 145. The summed E-state index contributed by atoms with van der Waals surface area (Å²) >= 11 is 0. The third-order valence-electron chi connectivity index (χ3n) is 27.7. The van der Waals surface area contributed by atoms with Gasteiger partial charge in [-0.2, -0.15) is 0 Å². The van der Waals surface area contributed by atoms with Crippen LogP contribution in [0.3, 0.4) is 0 Å². The summed E-state index contributed by atoms with van der Waals surface area (Å²) in [5.74, 6) is -6.18. The first-order valence-electron chi connectivity index (χ1n) is 40.6. The molecule has 114 heavy (non-hydrogen) atoms. The van der Waals surface area contributed by atoms with E-state index in [1.807, 2.05) is 48.5 Å². The Morgan fingerprint density at radius 1 is 0.412 bits per heavy atom. The number of ether oxygens (including phenoxy) is 15. The lowest BCUT2D eigenvalue weighted by molar-refractivity contribution is -0.556. The number of carboxylic acids is 1. The van der Waals surface area contributed by atoms with Gasteiger partial charge in [-0.15, -0.1) is 0 Å². The van der Waals surface area contributed by atoms with Crippen molar-refractivity contribution in [2.75, 3.05) is 20.3 Å². The van der Waals surface area contributed by atoms with Crippen LogP contribution in [0.5, 0.6) is 0 Å². The van der Waals surface area contributed by atoms with Crippen LogP contribution in [0.15, 0.2) is 45.3 Å². The lowest BCUT2D eigenvalue weighted by Crippen LogP contribution is -2.67. The third-order valence-corrected chi connectivity index (χ3v) is 27.7. The molecule has 33 nitrogen and oxygen atoms in total. The molecule has 21 aliphatic rings. The van der Waals surface area contributed by atoms with Crippen LogP contribution in [-0.4, -0.2) is 174 Å². The van der Waals surface area contributed by atoms with Crippen molar-refractivity contribution in [3.05, 3.63) is 45.3 Å². The first-order valence-corrected chi connectivity index (χ1v) is 40.6. The van der Waals surface area contributed by atoms with Crippen molar-refractivity contribution in [3.63, 3.8) is 0 Å². The Labute approximate surface area is 662 Å². The lowest BCUT2D eigenvalue weighted by Gasteiger charge is -2.57. The number of amides is 1. The molecule has 0 aromatic rings. The molecule has 13 saturated heterocycles. The summed E-state index contributed by atoms with van der Waals surface area (Å²) in [7, 11) is 1.36. The molecule has 2 N–H and O–H groups in total. The van der Waals surface area contributed by atoms with Crippen molar-refractivity contribution in [1.29, 1.82) is 0 Å². The first kappa shape index (κ1) is 83.9. The Balaban J connectivity index is 0.000000133. The standard InChI is InChI=1S/C30H40O15.C18H27NO5.C17H24O6.C16H22O6/c1-13-8-9-20-14(2)22(42-28-30(20)19(13)10-11-29(7,43-28)44-45-30)26(35)36-12-21-23(37-15(3)31)24(38-16(4)32)25(39-17(5)33)27(41-21)40-18(6)34;1-5-19-15(20)14-11(3)13-7-6-10(2)12-8-9-17(4)22-16(21-14)18(12,13)24-23-17;1-9-5-6-12-10(2)13(14(18)19-4)20-15-17(12)11(9)7-8-16(3,21-15)22-23-17;1-8-4-5-11-9(2)12(13(17)18)19-14-16(11)10(8)6-7-15(3,20-14)21-22-16/h13,19-21,23-25,27-28H,8-12H2,1-7H3;10,12-13,16H,5-9H2,1-4H3,(H,19,20);9,11-12,15H,5-8H2,1-4H3;8,10-11,14H,4-7H2,1-3H3,(H,17,18)/t13-,19+,20+,21?,23-,24+,25?,27-,28?,29-,30-;10-,12+,13+,16?,17-,18-;9-,11+,12+,15?,16-,17-;8-,10+,11+,14?,15-,16-/m1111/s1. The van der Waals surface area contributed by atoms with Crippen LogP contribution in [0.2, 0.25) is 0 Å². The number of fused-ring (bicyclic) bond motifs is 8. The minimum atomic E-state index is -1.59. The predicted molar refractivity (Wildman–Crippen MR) is 383 cm³/mol. The van der Waals surface area contributed by atoms with Crippen LogP contribution in [0.1, 0.15) is 220 Å². The largest absolute Gasteiger partial charge is 0.475 e. The van der Waals surface area contributed by atoms with Crippen LogP contribution >= 0.6 is 0 Å². The fourth-order valence-corrected chi connectivity index (χ4v) is 22.1. The molecule has 4 aliphatic carbocycles. The van der Waals surface area contributed by atoms with Gasteiger partial charge in [-0.1, -0.05) is 27.7 Å². The van der Waals surface area contributed by atoms with Gasteiger partial charge in [0.2, 0.25) is 78.0 Å². The summed E-state index contributed by atoms with van der Waals surface area (Å²) in [5, 5.41) is 12.3. The van der Waals surface area contributed by atoms with E-state index in [1.165, 1.54) is 7.11 Å². The van der Waals surface area contributed by atoms with E-state index in [9.17, 15) is 43.5 Å². The monoisotopic (exact) mass is 1610 g/mol. The van der Waals surface area contributed by atoms with E-state index in [0.29, 0.717) is 60.3 Å². The van der Waals surface area contributed by atoms with E-state index >= 15 is 0 Å². The van der Waals surface area contributed by atoms with E-state index in [0.717, 1.165) is 134 Å². The van der Waals surface area contributed by atoms with Gasteiger partial charge in [-0.3, -0.25) is 24.0 Å². The fourth-order valence-electron chi connectivity index (χ4n) is 22.1. The highest BCUT2D eigenvalue weighted by atomic mass is 17.3. The van der Waals surface area contributed by atoms with Crippen LogP contribution in [0.4, 0.5) is 0 Å². The topological polar surface area (TPSA) is 381 Å². The van der Waals surface area contributed by atoms with E-state index in [1.54, 1.807) is 13.8 Å². The summed E-state index contributed by atoms with van der Waals surface area (Å²) < 4.78 is 86.4. The first-order chi connectivity index (χ1) is 53.8. The maximum absolute atomic E-state index is 13.6. The number of carbonyl (C=O) groups excluding carboxylic acids is 7. The molecule has 0 radical (unpaired) electrons. The van der Waals surface area contributed by atoms with Gasteiger partial charge in [-0.05, 0) is 185 Å². The Morgan fingerprint density at radius 3 is 1.07 bits per heavy atom. The SMILES string of the molecule is CC(=O)OC1[C@H](OC(C)=O)OC(COC(=O)C2=C(C)[C@@H]3CC[C@@H](C)[C@@H]4CC[C@@]5(C)OO[C@@]34C(O2)O5)[C@@H](OC(C)=O)[C@@H]1OC(C)=O.CC1=C(C(=O)O)OC2O[C@@]3(C)CC[C@H]4[C@H](C)CC[C@@H]1[C@@]24OO3.CCNC(=O)C1=C(C)[C@@H]2CC[C@@H](C)[C@@H]3CC[C@@]4(C)OO[C@@]23C(O1)O4.COC(=O)C1=C(C)[C@@H]2CC[C@@H](C)[C@@H]3CC[C@@]4(C)OO[C@@]23C(O1)O4. The molecular weight excluding hydrogens is 1500 g/mol. The quantitative estimate of drug-likeness (QED) is 0.110. The molecule has 1 amide bonds. The zero-order valence-corrected chi connectivity index (χ0v) is 68.5. The van der Waals surface area contributed by atoms with E-state index in [2.05, 4.69) is 33.0 Å². The molecule has 4 saturated carbocycles. The van der Waals surface area contributed by atoms with Crippen LogP contribution < -0.4 is 5.32 Å². The number of rotatable bonds is 11. The third kappa shape index (κ3) is 14.3. The van der Waals surface area contributed by atoms with Gasteiger partial charge in [-0.25, -0.2) is 53.5 Å². The Kier molecular flexibility index (Phi) is 23.0. The maximum atomic E-state index is 13.6. The molecule has 6 unspecified atom stereocenters. The second-order valence-electron chi connectivity index (χ2n) is 35.1. The average Bonchev–Trinajstić information content (AvgIpc) is 1.43. The molecule has 0 aromatic carbocycles. The van der Waals surface area contributed by atoms with Gasteiger partial charge in [0.15, 0.2) is 40.4 Å². The van der Waals surface area contributed by atoms with Gasteiger partial charge in [0.05, 0.1) is 7.11 Å². The zero-order chi connectivity index (χ0) is 82.1. The highest BCUT2D eigenvalue weighted by Gasteiger charge is 2.74. The Bertz CT molecular complexity index is 3930. The van der Waals surface area contributed by atoms with Crippen LogP contribution in [0.25, 0.3) is 0 Å². The molecule has 17 aliphatic heterocycles. The molecular formula is C81H113NO32. The van der Waals surface area contributed by atoms with Crippen molar-refractivity contribution < 1.29 is 154 Å². The molecule has 17 heterocycles. The Hall–Kier alpha value is -6.60. The number of aliphatic carboxylic acids is 1. The molecule has 33 heteroatoms. The van der Waals surface area contributed by atoms with Crippen molar-refractivity contribution in [3.8, 4) is 0 Å². The van der Waals surface area contributed by atoms with Crippen LogP contribution in [0, 0.1) is 71.0 Å². The number of hydrogen-bond acceptors (Lipinski definition) is 31. The summed E-state index contributed by atoms with van der Waals surface area (Å²) in [6.07, 6.45) is 3.93. The van der Waals surface area contributed by atoms with Gasteiger partial charge in [0.25, 0.3) is 5.91 Å². The summed E-state index contributed by atoms with van der Waals surface area (Å²) in [5.41, 5.74) is 0.194. The van der Waals surface area contributed by atoms with E-state index in [-0.39, 0.29) is 64.6 Å². The molecule has 634 valence electrons.